The SMILES string of the molecule is CCCCc1nc2c(N)nnc(OC(C)C)c2n1Cc1ccc(CNC(=O)CCOC)cc1. The van der Waals surface area contributed by atoms with Crippen LogP contribution in [0.2, 0.25) is 0 Å². The van der Waals surface area contributed by atoms with Crippen LogP contribution in [0.3, 0.4) is 0 Å². The molecule has 9 heteroatoms. The molecule has 0 bridgehead atoms. The number of unbranched alkanes of at least 4 members (excludes halogenated alkanes) is 1. The molecule has 0 radical (unpaired) electrons. The van der Waals surface area contributed by atoms with Crippen LogP contribution in [0.4, 0.5) is 5.82 Å². The van der Waals surface area contributed by atoms with E-state index in [2.05, 4.69) is 39.1 Å². The number of carbonyl (C=O) groups excluding carboxylic acids is 1. The Bertz CT molecular complexity index is 1060. The molecule has 0 unspecified atom stereocenters. The highest BCUT2D eigenvalue weighted by Gasteiger charge is 2.20. The van der Waals surface area contributed by atoms with Crippen molar-refractivity contribution in [2.24, 2.45) is 0 Å². The topological polar surface area (TPSA) is 117 Å². The lowest BCUT2D eigenvalue weighted by Crippen LogP contribution is -2.23. The number of nitrogen functional groups attached to an aromatic ring is 1. The van der Waals surface area contributed by atoms with E-state index in [9.17, 15) is 4.79 Å². The maximum absolute atomic E-state index is 11.8. The molecule has 0 aliphatic carbocycles. The summed E-state index contributed by atoms with van der Waals surface area (Å²) in [7, 11) is 1.59. The summed E-state index contributed by atoms with van der Waals surface area (Å²) in [5.74, 6) is 1.66. The van der Waals surface area contributed by atoms with Gasteiger partial charge in [-0.25, -0.2) is 4.98 Å². The quantitative estimate of drug-likeness (QED) is 0.431. The lowest BCUT2D eigenvalue weighted by molar-refractivity contribution is -0.122. The summed E-state index contributed by atoms with van der Waals surface area (Å²) >= 11 is 0. The van der Waals surface area contributed by atoms with Crippen LogP contribution in [-0.4, -0.2) is 45.5 Å². The zero-order valence-electron chi connectivity index (χ0n) is 19.9. The minimum atomic E-state index is -0.0491. The van der Waals surface area contributed by atoms with E-state index in [0.717, 1.165) is 41.7 Å². The van der Waals surface area contributed by atoms with Crippen LogP contribution in [0, 0.1) is 0 Å². The molecule has 0 aliphatic heterocycles. The minimum absolute atomic E-state index is 0.0252. The number of anilines is 1. The van der Waals surface area contributed by atoms with Gasteiger partial charge in [0, 0.05) is 33.0 Å². The number of aromatic nitrogens is 4. The molecule has 1 aromatic carbocycles. The lowest BCUT2D eigenvalue weighted by atomic mass is 10.1. The van der Waals surface area contributed by atoms with Crippen LogP contribution in [0.1, 0.15) is 57.0 Å². The molecule has 9 nitrogen and oxygen atoms in total. The molecule has 1 amide bonds. The van der Waals surface area contributed by atoms with Gasteiger partial charge in [-0.15, -0.1) is 10.2 Å². The number of carbonyl (C=O) groups is 1. The van der Waals surface area contributed by atoms with Crippen molar-refractivity contribution in [3.8, 4) is 5.88 Å². The second-order valence-corrected chi connectivity index (χ2v) is 8.31. The van der Waals surface area contributed by atoms with Crippen molar-refractivity contribution in [2.75, 3.05) is 19.5 Å². The fourth-order valence-electron chi connectivity index (χ4n) is 3.52. The molecule has 0 spiro atoms. The van der Waals surface area contributed by atoms with E-state index in [4.69, 9.17) is 20.2 Å². The highest BCUT2D eigenvalue weighted by Crippen LogP contribution is 2.29. The summed E-state index contributed by atoms with van der Waals surface area (Å²) < 4.78 is 13.0. The van der Waals surface area contributed by atoms with Crippen LogP contribution in [0.15, 0.2) is 24.3 Å². The third-order valence-electron chi connectivity index (χ3n) is 5.23. The number of nitrogens with zero attached hydrogens (tertiary/aromatic N) is 4. The largest absolute Gasteiger partial charge is 0.472 e. The number of amides is 1. The molecule has 33 heavy (non-hydrogen) atoms. The molecule has 3 rings (SSSR count). The molecular weight excluding hydrogens is 420 g/mol. The molecule has 0 fully saturated rings. The molecule has 2 aromatic heterocycles. The van der Waals surface area contributed by atoms with Crippen molar-refractivity contribution in [1.29, 1.82) is 0 Å². The van der Waals surface area contributed by atoms with E-state index in [1.165, 1.54) is 0 Å². The van der Waals surface area contributed by atoms with Gasteiger partial charge in [0.15, 0.2) is 5.82 Å². The van der Waals surface area contributed by atoms with Gasteiger partial charge in [-0.3, -0.25) is 4.79 Å². The summed E-state index contributed by atoms with van der Waals surface area (Å²) in [5.41, 5.74) is 9.66. The van der Waals surface area contributed by atoms with Gasteiger partial charge in [0.25, 0.3) is 5.88 Å². The summed E-state index contributed by atoms with van der Waals surface area (Å²) in [4.78, 5) is 16.6. The molecule has 3 aromatic rings. The van der Waals surface area contributed by atoms with Gasteiger partial charge in [0.05, 0.1) is 12.7 Å². The molecule has 0 aliphatic rings. The molecule has 0 saturated carbocycles. The Labute approximate surface area is 194 Å². The monoisotopic (exact) mass is 454 g/mol. The number of rotatable bonds is 12. The van der Waals surface area contributed by atoms with Crippen molar-refractivity contribution >= 4 is 22.8 Å². The van der Waals surface area contributed by atoms with E-state index in [0.29, 0.717) is 43.3 Å². The molecule has 0 saturated heterocycles. The second kappa shape index (κ2) is 11.6. The maximum Gasteiger partial charge on any atom is 0.260 e. The number of aryl methyl sites for hydroxylation is 1. The Morgan fingerprint density at radius 3 is 2.58 bits per heavy atom. The fraction of sp³-hybridized carbons (Fsp3) is 0.500. The Morgan fingerprint density at radius 1 is 1.18 bits per heavy atom. The zero-order chi connectivity index (χ0) is 23.8. The molecule has 178 valence electrons. The molecule has 3 N–H and O–H groups in total. The zero-order valence-corrected chi connectivity index (χ0v) is 19.9. The molecule has 0 atom stereocenters. The van der Waals surface area contributed by atoms with E-state index < -0.39 is 0 Å². The normalized spacial score (nSPS) is 11.3. The van der Waals surface area contributed by atoms with Gasteiger partial charge in [-0.05, 0) is 31.4 Å². The maximum atomic E-state index is 11.8. The van der Waals surface area contributed by atoms with E-state index in [1.54, 1.807) is 7.11 Å². The number of hydrogen-bond donors (Lipinski definition) is 2. The first-order valence-electron chi connectivity index (χ1n) is 11.4. The van der Waals surface area contributed by atoms with E-state index in [1.807, 2.05) is 26.0 Å². The van der Waals surface area contributed by atoms with Gasteiger partial charge >= 0.3 is 0 Å². The third-order valence-corrected chi connectivity index (χ3v) is 5.23. The predicted molar refractivity (Wildman–Crippen MR) is 128 cm³/mol. The Balaban J connectivity index is 1.86. The summed E-state index contributed by atoms with van der Waals surface area (Å²) in [6.45, 7) is 7.57. The van der Waals surface area contributed by atoms with Crippen LogP contribution < -0.4 is 15.8 Å². The number of nitrogens with one attached hydrogen (secondary N) is 1. The van der Waals surface area contributed by atoms with Crippen molar-refractivity contribution in [3.05, 3.63) is 41.2 Å². The number of nitrogens with two attached hydrogens (primary N) is 1. The van der Waals surface area contributed by atoms with Crippen LogP contribution >= 0.6 is 0 Å². The van der Waals surface area contributed by atoms with Gasteiger partial charge in [-0.2, -0.15) is 0 Å². The fourth-order valence-corrected chi connectivity index (χ4v) is 3.52. The second-order valence-electron chi connectivity index (χ2n) is 8.31. The Hall–Kier alpha value is -3.20. The van der Waals surface area contributed by atoms with E-state index in [-0.39, 0.29) is 12.0 Å². The number of benzene rings is 1. The van der Waals surface area contributed by atoms with Crippen molar-refractivity contribution in [2.45, 2.75) is 65.6 Å². The predicted octanol–water partition coefficient (Wildman–Crippen LogP) is 3.24. The Morgan fingerprint density at radius 2 is 1.91 bits per heavy atom. The van der Waals surface area contributed by atoms with Crippen molar-refractivity contribution in [1.82, 2.24) is 25.1 Å². The summed E-state index contributed by atoms with van der Waals surface area (Å²) in [5, 5.41) is 11.2. The minimum Gasteiger partial charge on any atom is -0.472 e. The first-order chi connectivity index (χ1) is 15.9. The van der Waals surface area contributed by atoms with Crippen molar-refractivity contribution in [3.63, 3.8) is 0 Å². The number of imidazole rings is 1. The van der Waals surface area contributed by atoms with E-state index >= 15 is 0 Å². The summed E-state index contributed by atoms with van der Waals surface area (Å²) in [6, 6.07) is 8.17. The number of methoxy groups -OCH3 is 1. The Kier molecular flexibility index (Phi) is 8.59. The van der Waals surface area contributed by atoms with Crippen LogP contribution in [0.25, 0.3) is 11.0 Å². The van der Waals surface area contributed by atoms with Gasteiger partial charge in [-0.1, -0.05) is 37.6 Å². The number of fused-ring (bicyclic) bond motifs is 1. The smallest absolute Gasteiger partial charge is 0.260 e. The third kappa shape index (κ3) is 6.41. The highest BCUT2D eigenvalue weighted by molar-refractivity contribution is 5.88. The van der Waals surface area contributed by atoms with Crippen molar-refractivity contribution < 1.29 is 14.3 Å². The van der Waals surface area contributed by atoms with Gasteiger partial charge < -0.3 is 25.1 Å². The van der Waals surface area contributed by atoms with Gasteiger partial charge in [0.1, 0.15) is 16.9 Å². The number of hydrogen-bond acceptors (Lipinski definition) is 7. The summed E-state index contributed by atoms with van der Waals surface area (Å²) in [6.07, 6.45) is 3.22. The number of ether oxygens (including phenoxy) is 2. The highest BCUT2D eigenvalue weighted by atomic mass is 16.5. The standard InChI is InChI=1S/C24H34N6O3/c1-5-6-7-19-27-21-22(24(33-16(2)3)29-28-23(21)25)30(19)15-18-10-8-17(9-11-18)14-26-20(31)12-13-32-4/h8-11,16H,5-7,12-15H2,1-4H3,(H2,25,28)(H,26,31). The van der Waals surface area contributed by atoms with Gasteiger partial charge in [0.2, 0.25) is 5.91 Å². The first-order valence-corrected chi connectivity index (χ1v) is 11.4. The van der Waals surface area contributed by atoms with Crippen LogP contribution in [0.5, 0.6) is 5.88 Å². The molecule has 2 heterocycles. The first kappa shape index (κ1) is 24.4. The van der Waals surface area contributed by atoms with Crippen LogP contribution in [-0.2, 0) is 29.0 Å². The average molecular weight is 455 g/mol. The lowest BCUT2D eigenvalue weighted by Gasteiger charge is -2.14. The average Bonchev–Trinajstić information content (AvgIpc) is 3.16. The molecular formula is C24H34N6O3.